The van der Waals surface area contributed by atoms with E-state index in [1.807, 2.05) is 0 Å². The molecule has 0 nitrogen and oxygen atoms in total. The normalized spacial score (nSPS) is 10.6. The van der Waals surface area contributed by atoms with Gasteiger partial charge < -0.3 is 0 Å². The molecule has 0 aliphatic rings. The molecule has 4 rings (SSSR count). The van der Waals surface area contributed by atoms with Crippen LogP contribution in [0.25, 0.3) is 22.3 Å². The van der Waals surface area contributed by atoms with Gasteiger partial charge in [-0.25, -0.2) is 0 Å². The Morgan fingerprint density at radius 3 is 1.26 bits per heavy atom. The molecule has 0 aromatic heterocycles. The molecule has 129 valence electrons. The average molecular weight is 345 g/mol. The fourth-order valence-electron chi connectivity index (χ4n) is 3.65. The molecule has 4 aromatic rings. The van der Waals surface area contributed by atoms with Crippen molar-refractivity contribution in [2.45, 2.75) is 13.8 Å². The third-order valence-corrected chi connectivity index (χ3v) is 5.23. The molecule has 0 atom stereocenters. The molecule has 1 radical (unpaired) electrons. The molecule has 0 spiro atoms. The minimum Gasteiger partial charge on any atom is -0.0780 e. The van der Waals surface area contributed by atoms with Gasteiger partial charge in [0.2, 0.25) is 0 Å². The second-order valence-corrected chi connectivity index (χ2v) is 6.92. The summed E-state index contributed by atoms with van der Waals surface area (Å²) in [5.74, 6) is 0. The molecule has 0 aliphatic carbocycles. The molecule has 0 amide bonds. The van der Waals surface area contributed by atoms with Gasteiger partial charge in [0.1, 0.15) is 0 Å². The van der Waals surface area contributed by atoms with E-state index in [2.05, 4.69) is 118 Å². The van der Waals surface area contributed by atoms with Crippen LogP contribution in [0.2, 0.25) is 0 Å². The standard InChI is InChI=1S/C26H22B/c1-19-23(21-11-5-3-6-12-21)15-9-17-25(19)27-26-18-10-16-24(20(26)2)22-13-7-4-8-14-22/h3-18H,1-2H3. The number of rotatable bonds is 4. The summed E-state index contributed by atoms with van der Waals surface area (Å²) in [7, 11) is 2.31. The summed E-state index contributed by atoms with van der Waals surface area (Å²) in [5, 5.41) is 0. The smallest absolute Gasteiger partial charge is 0.0780 e. The van der Waals surface area contributed by atoms with Crippen LogP contribution in [0.15, 0.2) is 97.1 Å². The topological polar surface area (TPSA) is 0 Å². The Kier molecular flexibility index (Phi) is 4.94. The van der Waals surface area contributed by atoms with E-state index in [9.17, 15) is 0 Å². The molecule has 0 heterocycles. The maximum Gasteiger partial charge on any atom is 0.192 e. The van der Waals surface area contributed by atoms with Gasteiger partial charge in [0, 0.05) is 0 Å². The van der Waals surface area contributed by atoms with Crippen LogP contribution in [0.3, 0.4) is 0 Å². The maximum atomic E-state index is 2.31. The molecule has 0 N–H and O–H groups in total. The predicted molar refractivity (Wildman–Crippen MR) is 118 cm³/mol. The Labute approximate surface area is 162 Å². The van der Waals surface area contributed by atoms with Crippen molar-refractivity contribution >= 4 is 18.2 Å². The van der Waals surface area contributed by atoms with Crippen molar-refractivity contribution in [1.29, 1.82) is 0 Å². The molecular formula is C26H22B. The van der Waals surface area contributed by atoms with Crippen molar-refractivity contribution in [2.75, 3.05) is 0 Å². The van der Waals surface area contributed by atoms with Crippen LogP contribution in [0.4, 0.5) is 0 Å². The van der Waals surface area contributed by atoms with E-state index in [1.165, 1.54) is 44.3 Å². The van der Waals surface area contributed by atoms with E-state index in [0.29, 0.717) is 0 Å². The van der Waals surface area contributed by atoms with Crippen LogP contribution in [0.1, 0.15) is 11.1 Å². The van der Waals surface area contributed by atoms with Crippen molar-refractivity contribution in [3.63, 3.8) is 0 Å². The zero-order valence-corrected chi connectivity index (χ0v) is 15.8. The van der Waals surface area contributed by atoms with Crippen LogP contribution in [-0.2, 0) is 0 Å². The second-order valence-electron chi connectivity index (χ2n) is 6.92. The van der Waals surface area contributed by atoms with E-state index < -0.39 is 0 Å². The van der Waals surface area contributed by atoms with E-state index in [-0.39, 0.29) is 0 Å². The minimum atomic E-state index is 1.26. The Morgan fingerprint density at radius 2 is 0.852 bits per heavy atom. The predicted octanol–water partition coefficient (Wildman–Crippen LogP) is 5.29. The highest BCUT2D eigenvalue weighted by molar-refractivity contribution is 6.68. The fraction of sp³-hybridized carbons (Fsp3) is 0.0769. The van der Waals surface area contributed by atoms with Gasteiger partial charge in [-0.1, -0.05) is 108 Å². The van der Waals surface area contributed by atoms with Gasteiger partial charge in [0.05, 0.1) is 0 Å². The van der Waals surface area contributed by atoms with Gasteiger partial charge >= 0.3 is 0 Å². The van der Waals surface area contributed by atoms with Crippen molar-refractivity contribution in [3.8, 4) is 22.3 Å². The lowest BCUT2D eigenvalue weighted by Crippen LogP contribution is -2.31. The van der Waals surface area contributed by atoms with Gasteiger partial charge in [-0.2, -0.15) is 0 Å². The lowest BCUT2D eigenvalue weighted by atomic mass is 9.60. The van der Waals surface area contributed by atoms with Gasteiger partial charge in [0.15, 0.2) is 7.28 Å². The molecule has 0 saturated carbocycles. The van der Waals surface area contributed by atoms with Crippen LogP contribution < -0.4 is 10.9 Å². The molecule has 0 fully saturated rings. The monoisotopic (exact) mass is 345 g/mol. The van der Waals surface area contributed by atoms with Gasteiger partial charge in [0.25, 0.3) is 0 Å². The number of benzene rings is 4. The molecule has 0 bridgehead atoms. The number of hydrogen-bond acceptors (Lipinski definition) is 0. The first-order valence-electron chi connectivity index (χ1n) is 9.39. The van der Waals surface area contributed by atoms with Crippen LogP contribution in [0.5, 0.6) is 0 Å². The van der Waals surface area contributed by atoms with Crippen LogP contribution in [-0.4, -0.2) is 7.28 Å². The number of hydrogen-bond donors (Lipinski definition) is 0. The summed E-state index contributed by atoms with van der Waals surface area (Å²) in [5.41, 5.74) is 10.3. The molecule has 1 heteroatoms. The first-order valence-corrected chi connectivity index (χ1v) is 9.39. The molecular weight excluding hydrogens is 323 g/mol. The fourth-order valence-corrected chi connectivity index (χ4v) is 3.65. The van der Waals surface area contributed by atoms with Gasteiger partial charge in [-0.05, 0) is 47.2 Å². The van der Waals surface area contributed by atoms with E-state index in [4.69, 9.17) is 0 Å². The Balaban J connectivity index is 1.72. The zero-order valence-electron chi connectivity index (χ0n) is 15.8. The summed E-state index contributed by atoms with van der Waals surface area (Å²) in [6.07, 6.45) is 0. The van der Waals surface area contributed by atoms with Crippen molar-refractivity contribution in [1.82, 2.24) is 0 Å². The van der Waals surface area contributed by atoms with Crippen molar-refractivity contribution < 1.29 is 0 Å². The van der Waals surface area contributed by atoms with Crippen LogP contribution in [0, 0.1) is 13.8 Å². The third kappa shape index (κ3) is 3.59. The quantitative estimate of drug-likeness (QED) is 0.441. The summed E-state index contributed by atoms with van der Waals surface area (Å²) >= 11 is 0. The Bertz CT molecular complexity index is 963. The lowest BCUT2D eigenvalue weighted by molar-refractivity contribution is 1.48. The first kappa shape index (κ1) is 17.4. The largest absolute Gasteiger partial charge is 0.192 e. The lowest BCUT2D eigenvalue weighted by Gasteiger charge is -2.14. The van der Waals surface area contributed by atoms with Gasteiger partial charge in [-0.15, -0.1) is 0 Å². The summed E-state index contributed by atoms with van der Waals surface area (Å²) in [6.45, 7) is 4.43. The van der Waals surface area contributed by atoms with Gasteiger partial charge in [-0.3, -0.25) is 0 Å². The SMILES string of the molecule is Cc1c([B]c2cccc(-c3ccccc3)c2C)cccc1-c1ccccc1. The van der Waals surface area contributed by atoms with E-state index in [1.54, 1.807) is 0 Å². The first-order chi connectivity index (χ1) is 13.2. The average Bonchev–Trinajstić information content (AvgIpc) is 2.72. The second kappa shape index (κ2) is 7.67. The molecule has 4 aromatic carbocycles. The third-order valence-electron chi connectivity index (χ3n) is 5.23. The highest BCUT2D eigenvalue weighted by atomic mass is 14.1. The van der Waals surface area contributed by atoms with Crippen molar-refractivity contribution in [3.05, 3.63) is 108 Å². The molecule has 0 unspecified atom stereocenters. The summed E-state index contributed by atoms with van der Waals surface area (Å²) in [6, 6.07) is 34.3. The summed E-state index contributed by atoms with van der Waals surface area (Å²) < 4.78 is 0. The van der Waals surface area contributed by atoms with E-state index >= 15 is 0 Å². The maximum absolute atomic E-state index is 2.31. The molecule has 0 saturated heterocycles. The Hall–Kier alpha value is -3.06. The van der Waals surface area contributed by atoms with Crippen LogP contribution >= 0.6 is 0 Å². The minimum absolute atomic E-state index is 1.26. The molecule has 0 aliphatic heterocycles. The Morgan fingerprint density at radius 1 is 0.444 bits per heavy atom. The highest BCUT2D eigenvalue weighted by Crippen LogP contribution is 2.23. The van der Waals surface area contributed by atoms with Crippen molar-refractivity contribution in [2.24, 2.45) is 0 Å². The summed E-state index contributed by atoms with van der Waals surface area (Å²) in [4.78, 5) is 0. The highest BCUT2D eigenvalue weighted by Gasteiger charge is 2.11. The van der Waals surface area contributed by atoms with E-state index in [0.717, 1.165) is 0 Å². The zero-order chi connectivity index (χ0) is 18.6. The molecule has 27 heavy (non-hydrogen) atoms.